The number of nitrogens with one attached hydrogen (secondary N) is 1. The lowest BCUT2D eigenvalue weighted by molar-refractivity contribution is -0.146. The normalized spacial score (nSPS) is 21.3. The van der Waals surface area contributed by atoms with E-state index in [0.717, 1.165) is 30.8 Å². The van der Waals surface area contributed by atoms with Crippen LogP contribution < -0.4 is 5.32 Å². The molecule has 1 rings (SSSR count). The summed E-state index contributed by atoms with van der Waals surface area (Å²) in [4.78, 5) is 11.4. The molecule has 0 radical (unpaired) electrons. The summed E-state index contributed by atoms with van der Waals surface area (Å²) in [6.45, 7) is 6.22. The average molecular weight is 231 g/mol. The lowest BCUT2D eigenvalue weighted by Gasteiger charge is -2.40. The zero-order valence-electron chi connectivity index (χ0n) is 9.80. The van der Waals surface area contributed by atoms with Crippen molar-refractivity contribution in [2.75, 3.05) is 11.5 Å². The van der Waals surface area contributed by atoms with Gasteiger partial charge >= 0.3 is 5.97 Å². The molecule has 0 aromatic heterocycles. The Kier molecular flexibility index (Phi) is 4.06. The molecule has 0 aromatic rings. The summed E-state index contributed by atoms with van der Waals surface area (Å²) in [7, 11) is 0. The highest BCUT2D eigenvalue weighted by atomic mass is 32.2. The molecule has 4 heteroatoms. The summed E-state index contributed by atoms with van der Waals surface area (Å²) in [5, 5.41) is 12.7. The molecular formula is C11H21NO2S. The summed E-state index contributed by atoms with van der Waals surface area (Å²) in [5.74, 6) is 1.20. The number of carbonyl (C=O) groups is 1. The highest BCUT2D eigenvalue weighted by Crippen LogP contribution is 2.30. The zero-order chi connectivity index (χ0) is 11.5. The number of aliphatic carboxylic acids is 1. The van der Waals surface area contributed by atoms with E-state index in [1.165, 1.54) is 0 Å². The van der Waals surface area contributed by atoms with E-state index >= 15 is 0 Å². The fraction of sp³-hybridized carbons (Fsp3) is 0.909. The largest absolute Gasteiger partial charge is 0.480 e. The second-order valence-corrected chi connectivity index (χ2v) is 6.09. The molecule has 1 aliphatic heterocycles. The first-order valence-electron chi connectivity index (χ1n) is 5.52. The lowest BCUT2D eigenvalue weighted by atomic mass is 9.87. The summed E-state index contributed by atoms with van der Waals surface area (Å²) < 4.78 is 0. The van der Waals surface area contributed by atoms with Gasteiger partial charge in [-0.25, -0.2) is 0 Å². The van der Waals surface area contributed by atoms with Gasteiger partial charge in [-0.05, 0) is 44.6 Å². The van der Waals surface area contributed by atoms with Gasteiger partial charge in [-0.1, -0.05) is 6.92 Å². The molecule has 88 valence electrons. The number of rotatable bonds is 4. The van der Waals surface area contributed by atoms with E-state index in [1.54, 1.807) is 0 Å². The Labute approximate surface area is 96.0 Å². The van der Waals surface area contributed by atoms with Gasteiger partial charge in [0.05, 0.1) is 0 Å². The van der Waals surface area contributed by atoms with Crippen molar-refractivity contribution >= 4 is 17.7 Å². The van der Waals surface area contributed by atoms with E-state index in [9.17, 15) is 9.90 Å². The third-order valence-electron chi connectivity index (χ3n) is 3.22. The van der Waals surface area contributed by atoms with Crippen LogP contribution in [0.5, 0.6) is 0 Å². The van der Waals surface area contributed by atoms with Crippen molar-refractivity contribution in [3.05, 3.63) is 0 Å². The van der Waals surface area contributed by atoms with Crippen molar-refractivity contribution < 1.29 is 9.90 Å². The van der Waals surface area contributed by atoms with Crippen molar-refractivity contribution in [1.29, 1.82) is 0 Å². The molecular weight excluding hydrogens is 210 g/mol. The highest BCUT2D eigenvalue weighted by Gasteiger charge is 2.42. The standard InChI is InChI=1S/C11H21NO2S/c1-4-10(2,3)12-11(9(13)14)5-7-15-8-6-11/h12H,4-8H2,1-3H3,(H,13,14). The van der Waals surface area contributed by atoms with E-state index in [0.29, 0.717) is 0 Å². The van der Waals surface area contributed by atoms with Crippen LogP contribution in [0.15, 0.2) is 0 Å². The maximum absolute atomic E-state index is 11.4. The van der Waals surface area contributed by atoms with Crippen LogP contribution >= 0.6 is 11.8 Å². The van der Waals surface area contributed by atoms with Crippen LogP contribution in [0, 0.1) is 0 Å². The Hall–Kier alpha value is -0.220. The minimum Gasteiger partial charge on any atom is -0.480 e. The number of hydrogen-bond donors (Lipinski definition) is 2. The summed E-state index contributed by atoms with van der Waals surface area (Å²) in [6.07, 6.45) is 2.40. The van der Waals surface area contributed by atoms with Gasteiger partial charge in [0.15, 0.2) is 0 Å². The smallest absolute Gasteiger partial charge is 0.323 e. The first kappa shape index (κ1) is 12.8. The van der Waals surface area contributed by atoms with Gasteiger partial charge < -0.3 is 5.11 Å². The Bertz CT molecular complexity index is 235. The van der Waals surface area contributed by atoms with E-state index in [2.05, 4.69) is 26.1 Å². The Morgan fingerprint density at radius 1 is 1.47 bits per heavy atom. The highest BCUT2D eigenvalue weighted by molar-refractivity contribution is 7.99. The average Bonchev–Trinajstić information content (AvgIpc) is 2.18. The molecule has 0 spiro atoms. The molecule has 0 aliphatic carbocycles. The molecule has 0 atom stereocenters. The molecule has 1 saturated heterocycles. The van der Waals surface area contributed by atoms with Gasteiger partial charge in [-0.15, -0.1) is 0 Å². The molecule has 0 unspecified atom stereocenters. The van der Waals surface area contributed by atoms with Crippen LogP contribution in [-0.2, 0) is 4.79 Å². The maximum atomic E-state index is 11.4. The molecule has 0 bridgehead atoms. The van der Waals surface area contributed by atoms with Gasteiger partial charge in [0.1, 0.15) is 5.54 Å². The van der Waals surface area contributed by atoms with Crippen molar-refractivity contribution in [2.45, 2.75) is 51.1 Å². The van der Waals surface area contributed by atoms with E-state index in [4.69, 9.17) is 0 Å². The van der Waals surface area contributed by atoms with Gasteiger partial charge in [-0.3, -0.25) is 10.1 Å². The quantitative estimate of drug-likeness (QED) is 0.778. The molecule has 0 aromatic carbocycles. The fourth-order valence-electron chi connectivity index (χ4n) is 1.85. The topological polar surface area (TPSA) is 49.3 Å². The molecule has 3 nitrogen and oxygen atoms in total. The second kappa shape index (κ2) is 4.74. The number of carboxylic acid groups (broad SMARTS) is 1. The first-order valence-corrected chi connectivity index (χ1v) is 6.68. The summed E-state index contributed by atoms with van der Waals surface area (Å²) in [6, 6.07) is 0. The molecule has 0 amide bonds. The fourth-order valence-corrected chi connectivity index (χ4v) is 3.04. The molecule has 1 heterocycles. The van der Waals surface area contributed by atoms with Crippen LogP contribution in [0.3, 0.4) is 0 Å². The predicted octanol–water partition coefficient (Wildman–Crippen LogP) is 2.12. The third kappa shape index (κ3) is 3.11. The Morgan fingerprint density at radius 2 is 2.00 bits per heavy atom. The molecule has 1 fully saturated rings. The van der Waals surface area contributed by atoms with Gasteiger partial charge in [0.25, 0.3) is 0 Å². The van der Waals surface area contributed by atoms with Crippen molar-refractivity contribution in [1.82, 2.24) is 5.32 Å². The van der Waals surface area contributed by atoms with Crippen molar-refractivity contribution in [2.24, 2.45) is 0 Å². The number of hydrogen-bond acceptors (Lipinski definition) is 3. The lowest BCUT2D eigenvalue weighted by Crippen LogP contribution is -2.61. The molecule has 1 aliphatic rings. The molecule has 2 N–H and O–H groups in total. The monoisotopic (exact) mass is 231 g/mol. The zero-order valence-corrected chi connectivity index (χ0v) is 10.6. The Morgan fingerprint density at radius 3 is 2.40 bits per heavy atom. The number of carboxylic acids is 1. The van der Waals surface area contributed by atoms with Gasteiger partial charge in [0.2, 0.25) is 0 Å². The van der Waals surface area contributed by atoms with Crippen LogP contribution in [0.2, 0.25) is 0 Å². The molecule has 15 heavy (non-hydrogen) atoms. The summed E-state index contributed by atoms with van der Waals surface area (Å²) in [5.41, 5.74) is -0.787. The minimum atomic E-state index is -0.690. The minimum absolute atomic E-state index is 0.0968. The van der Waals surface area contributed by atoms with Crippen LogP contribution in [0.4, 0.5) is 0 Å². The first-order chi connectivity index (χ1) is 6.92. The predicted molar refractivity (Wildman–Crippen MR) is 64.4 cm³/mol. The van der Waals surface area contributed by atoms with Gasteiger partial charge in [0, 0.05) is 5.54 Å². The van der Waals surface area contributed by atoms with Crippen LogP contribution in [0.1, 0.15) is 40.0 Å². The van der Waals surface area contributed by atoms with Crippen molar-refractivity contribution in [3.63, 3.8) is 0 Å². The third-order valence-corrected chi connectivity index (χ3v) is 4.20. The van der Waals surface area contributed by atoms with E-state index in [-0.39, 0.29) is 5.54 Å². The Balaban J connectivity index is 2.77. The number of thioether (sulfide) groups is 1. The van der Waals surface area contributed by atoms with Gasteiger partial charge in [-0.2, -0.15) is 11.8 Å². The van der Waals surface area contributed by atoms with E-state index < -0.39 is 11.5 Å². The second-order valence-electron chi connectivity index (χ2n) is 4.86. The molecule has 0 saturated carbocycles. The SMILES string of the molecule is CCC(C)(C)NC1(C(=O)O)CCSCC1. The van der Waals surface area contributed by atoms with Crippen LogP contribution in [0.25, 0.3) is 0 Å². The maximum Gasteiger partial charge on any atom is 0.323 e. The van der Waals surface area contributed by atoms with Crippen molar-refractivity contribution in [3.8, 4) is 0 Å². The summed E-state index contributed by atoms with van der Waals surface area (Å²) >= 11 is 1.84. The van der Waals surface area contributed by atoms with E-state index in [1.807, 2.05) is 11.8 Å². The van der Waals surface area contributed by atoms with Crippen LogP contribution in [-0.4, -0.2) is 33.7 Å².